The van der Waals surface area contributed by atoms with Crippen LogP contribution in [0.15, 0.2) is 23.3 Å². The average Bonchev–Trinajstić information content (AvgIpc) is 2.14. The Kier molecular flexibility index (Phi) is 5.57. The van der Waals surface area contributed by atoms with Crippen LogP contribution in [0.3, 0.4) is 0 Å². The third-order valence-electron chi connectivity index (χ3n) is 1.65. The Hall–Kier alpha value is -1.83. The highest BCUT2D eigenvalue weighted by atomic mass is 35.5. The van der Waals surface area contributed by atoms with Crippen molar-refractivity contribution in [3.05, 3.63) is 35.1 Å². The summed E-state index contributed by atoms with van der Waals surface area (Å²) in [6.45, 7) is 0. The molecule has 1 aromatic rings. The van der Waals surface area contributed by atoms with E-state index in [9.17, 15) is 17.6 Å². The second-order valence-corrected chi connectivity index (χ2v) is 3.05. The fraction of sp³-hybridized carbons (Fsp3) is 0.111. The zero-order valence-corrected chi connectivity index (χ0v) is 9.57. The molecule has 18 heavy (non-hydrogen) atoms. The third kappa shape index (κ3) is 5.00. The summed E-state index contributed by atoms with van der Waals surface area (Å²) in [5.41, 5.74) is 5.69. The van der Waals surface area contributed by atoms with Crippen LogP contribution in [0.25, 0.3) is 0 Å². The molecule has 0 spiro atoms. The molecule has 0 aliphatic rings. The lowest BCUT2D eigenvalue weighted by Gasteiger charge is -2.07. The zero-order valence-electron chi connectivity index (χ0n) is 8.75. The van der Waals surface area contributed by atoms with Gasteiger partial charge in [-0.15, -0.1) is 12.4 Å². The van der Waals surface area contributed by atoms with E-state index in [-0.39, 0.29) is 18.0 Å². The van der Waals surface area contributed by atoms with Crippen molar-refractivity contribution in [1.29, 1.82) is 5.41 Å². The van der Waals surface area contributed by atoms with Crippen LogP contribution < -0.4 is 11.2 Å². The molecule has 4 nitrogen and oxygen atoms in total. The standard InChI is InChI=1S/C9H8F4N4.ClH/c10-7-2-5(4-16-17-8(14)15)1-6(3-7)9(11,12)13;/h1-4H,(H4,14,15,17);1H. The molecule has 0 aromatic heterocycles. The predicted octanol–water partition coefficient (Wildman–Crippen LogP) is 2.08. The summed E-state index contributed by atoms with van der Waals surface area (Å²) >= 11 is 0. The first-order valence-corrected chi connectivity index (χ1v) is 4.30. The lowest BCUT2D eigenvalue weighted by molar-refractivity contribution is -0.137. The molecule has 0 fully saturated rings. The lowest BCUT2D eigenvalue weighted by Crippen LogP contribution is -2.25. The molecule has 0 radical (unpaired) electrons. The molecule has 0 atom stereocenters. The van der Waals surface area contributed by atoms with E-state index in [1.54, 1.807) is 0 Å². The lowest BCUT2D eigenvalue weighted by atomic mass is 10.1. The van der Waals surface area contributed by atoms with Gasteiger partial charge in [-0.2, -0.15) is 18.3 Å². The molecule has 0 heterocycles. The SMILES string of the molecule is Cl.N=C(N)NN=Cc1cc(F)cc(C(F)(F)F)c1. The van der Waals surface area contributed by atoms with E-state index >= 15 is 0 Å². The Balaban J connectivity index is 0.00000289. The number of halogens is 5. The van der Waals surface area contributed by atoms with Crippen molar-refractivity contribution in [2.75, 3.05) is 0 Å². The molecule has 0 amide bonds. The molecule has 4 N–H and O–H groups in total. The van der Waals surface area contributed by atoms with Gasteiger partial charge in [0, 0.05) is 0 Å². The highest BCUT2D eigenvalue weighted by Crippen LogP contribution is 2.30. The van der Waals surface area contributed by atoms with Crippen molar-refractivity contribution in [3.8, 4) is 0 Å². The number of nitrogens with one attached hydrogen (secondary N) is 2. The number of hydrazone groups is 1. The van der Waals surface area contributed by atoms with E-state index < -0.39 is 23.5 Å². The smallest absolute Gasteiger partial charge is 0.369 e. The van der Waals surface area contributed by atoms with Gasteiger partial charge >= 0.3 is 6.18 Å². The Morgan fingerprint density at radius 2 is 1.94 bits per heavy atom. The molecule has 0 saturated carbocycles. The Morgan fingerprint density at radius 3 is 2.44 bits per heavy atom. The van der Waals surface area contributed by atoms with Gasteiger partial charge in [-0.25, -0.2) is 9.82 Å². The van der Waals surface area contributed by atoms with Crippen LogP contribution in [0.5, 0.6) is 0 Å². The van der Waals surface area contributed by atoms with E-state index in [0.29, 0.717) is 6.07 Å². The van der Waals surface area contributed by atoms with E-state index in [0.717, 1.165) is 18.3 Å². The fourth-order valence-electron chi connectivity index (χ4n) is 1.03. The van der Waals surface area contributed by atoms with Crippen LogP contribution >= 0.6 is 12.4 Å². The topological polar surface area (TPSA) is 74.3 Å². The van der Waals surface area contributed by atoms with Crippen molar-refractivity contribution < 1.29 is 17.6 Å². The van der Waals surface area contributed by atoms with Gasteiger partial charge in [0.25, 0.3) is 0 Å². The summed E-state index contributed by atoms with van der Waals surface area (Å²) in [4.78, 5) is 0. The quantitative estimate of drug-likeness (QED) is 0.337. The van der Waals surface area contributed by atoms with Crippen molar-refractivity contribution in [2.45, 2.75) is 6.18 Å². The van der Waals surface area contributed by atoms with Crippen LogP contribution in [-0.2, 0) is 6.18 Å². The molecule has 1 rings (SSSR count). The minimum Gasteiger partial charge on any atom is -0.369 e. The van der Waals surface area contributed by atoms with E-state index in [2.05, 4.69) is 5.10 Å². The predicted molar refractivity (Wildman–Crippen MR) is 61.3 cm³/mol. The van der Waals surface area contributed by atoms with Gasteiger partial charge < -0.3 is 5.73 Å². The number of alkyl halides is 3. The van der Waals surface area contributed by atoms with Crippen molar-refractivity contribution in [3.63, 3.8) is 0 Å². The average molecular weight is 285 g/mol. The maximum Gasteiger partial charge on any atom is 0.416 e. The van der Waals surface area contributed by atoms with Gasteiger partial charge in [-0.05, 0) is 23.8 Å². The third-order valence-corrected chi connectivity index (χ3v) is 1.65. The van der Waals surface area contributed by atoms with Gasteiger partial charge in [0.05, 0.1) is 11.8 Å². The Bertz CT molecular complexity index is 458. The van der Waals surface area contributed by atoms with Crippen LogP contribution in [0.1, 0.15) is 11.1 Å². The van der Waals surface area contributed by atoms with E-state index in [4.69, 9.17) is 11.1 Å². The molecule has 100 valence electrons. The minimum atomic E-state index is -4.63. The normalized spacial score (nSPS) is 11.1. The molecular formula is C9H9ClF4N4. The van der Waals surface area contributed by atoms with Crippen LogP contribution in [0.4, 0.5) is 17.6 Å². The summed E-state index contributed by atoms with van der Waals surface area (Å²) in [5.74, 6) is -1.50. The second kappa shape index (κ2) is 6.20. The van der Waals surface area contributed by atoms with E-state index in [1.165, 1.54) is 0 Å². The maximum atomic E-state index is 12.9. The molecular weight excluding hydrogens is 276 g/mol. The molecule has 9 heteroatoms. The maximum absolute atomic E-state index is 12.9. The van der Waals surface area contributed by atoms with Gasteiger partial charge in [0.1, 0.15) is 5.82 Å². The molecule has 0 aliphatic heterocycles. The van der Waals surface area contributed by atoms with Gasteiger partial charge in [0.15, 0.2) is 0 Å². The minimum absolute atomic E-state index is 0. The Labute approximate surface area is 106 Å². The molecule has 0 unspecified atom stereocenters. The van der Waals surface area contributed by atoms with Crippen molar-refractivity contribution in [1.82, 2.24) is 5.43 Å². The van der Waals surface area contributed by atoms with Gasteiger partial charge in [0.2, 0.25) is 5.96 Å². The van der Waals surface area contributed by atoms with Crippen molar-refractivity contribution >= 4 is 24.6 Å². The monoisotopic (exact) mass is 284 g/mol. The number of rotatable bonds is 2. The number of hydrogen-bond donors (Lipinski definition) is 3. The summed E-state index contributed by atoms with van der Waals surface area (Å²) in [6.07, 6.45) is -3.70. The first kappa shape index (κ1) is 16.2. The Morgan fingerprint density at radius 1 is 1.33 bits per heavy atom. The number of nitrogens with zero attached hydrogens (tertiary/aromatic N) is 1. The first-order chi connectivity index (χ1) is 7.79. The van der Waals surface area contributed by atoms with Crippen LogP contribution in [0.2, 0.25) is 0 Å². The summed E-state index contributed by atoms with van der Waals surface area (Å²) in [5, 5.41) is 10.1. The molecule has 0 aliphatic carbocycles. The molecule has 1 aromatic carbocycles. The highest BCUT2D eigenvalue weighted by molar-refractivity contribution is 5.85. The number of guanidine groups is 1. The summed E-state index contributed by atoms with van der Waals surface area (Å²) < 4.78 is 49.8. The van der Waals surface area contributed by atoms with Crippen LogP contribution in [-0.4, -0.2) is 12.2 Å². The summed E-state index contributed by atoms with van der Waals surface area (Å²) in [7, 11) is 0. The number of nitrogens with two attached hydrogens (primary N) is 1. The largest absolute Gasteiger partial charge is 0.416 e. The molecule has 0 saturated heterocycles. The summed E-state index contributed by atoms with van der Waals surface area (Å²) in [6, 6.07) is 1.99. The fourth-order valence-corrected chi connectivity index (χ4v) is 1.03. The number of hydrogen-bond acceptors (Lipinski definition) is 2. The highest BCUT2D eigenvalue weighted by Gasteiger charge is 2.31. The second-order valence-electron chi connectivity index (χ2n) is 3.05. The van der Waals surface area contributed by atoms with Gasteiger partial charge in [-0.1, -0.05) is 0 Å². The number of benzene rings is 1. The first-order valence-electron chi connectivity index (χ1n) is 4.30. The van der Waals surface area contributed by atoms with E-state index in [1.807, 2.05) is 5.43 Å². The van der Waals surface area contributed by atoms with Crippen LogP contribution in [0, 0.1) is 11.2 Å². The van der Waals surface area contributed by atoms with Gasteiger partial charge in [-0.3, -0.25) is 5.41 Å². The molecule has 0 bridgehead atoms. The zero-order chi connectivity index (χ0) is 13.1. The van der Waals surface area contributed by atoms with Crippen molar-refractivity contribution in [2.24, 2.45) is 10.8 Å².